The third-order valence-electron chi connectivity index (χ3n) is 2.76. The zero-order valence-electron chi connectivity index (χ0n) is 14.3. The molecule has 0 aromatic heterocycles. The molecule has 0 atom stereocenters. The van der Waals surface area contributed by atoms with Crippen molar-refractivity contribution < 1.29 is 14.6 Å². The van der Waals surface area contributed by atoms with E-state index in [0.717, 1.165) is 0 Å². The third kappa shape index (κ3) is 7.70. The number of nitrogens with zero attached hydrogens (tertiary/aromatic N) is 1. The number of carbonyl (C=O) groups excluding carboxylic acids is 1. The molecule has 0 heterocycles. The third-order valence-corrected chi connectivity index (χ3v) is 2.76. The molecule has 0 aromatic carbocycles. The van der Waals surface area contributed by atoms with Crippen molar-refractivity contribution in [2.45, 2.75) is 72.1 Å². The van der Waals surface area contributed by atoms with Crippen molar-refractivity contribution in [2.24, 2.45) is 0 Å². The molecule has 0 aromatic rings. The predicted octanol–water partition coefficient (Wildman–Crippen LogP) is 2.38. The first-order valence-electron chi connectivity index (χ1n) is 7.15. The number of aliphatic hydroxyl groups excluding tert-OH is 1. The molecule has 0 aliphatic carbocycles. The minimum absolute atomic E-state index is 0.0506. The molecule has 0 rings (SSSR count). The molecule has 0 aliphatic heterocycles. The van der Waals surface area contributed by atoms with E-state index in [9.17, 15) is 9.90 Å². The molecular weight excluding hydrogens is 256 g/mol. The molecule has 5 nitrogen and oxygen atoms in total. The lowest BCUT2D eigenvalue weighted by molar-refractivity contribution is 0.00595. The van der Waals surface area contributed by atoms with Crippen LogP contribution >= 0.6 is 0 Å². The molecular formula is C15H32N2O3. The van der Waals surface area contributed by atoms with Crippen LogP contribution in [0.3, 0.4) is 0 Å². The van der Waals surface area contributed by atoms with Crippen LogP contribution < -0.4 is 5.32 Å². The summed E-state index contributed by atoms with van der Waals surface area (Å²) in [6.07, 6.45) is -0.311. The Morgan fingerprint density at radius 2 is 1.60 bits per heavy atom. The average molecular weight is 288 g/mol. The fraction of sp³-hybridized carbons (Fsp3) is 0.933. The van der Waals surface area contributed by atoms with Crippen molar-refractivity contribution in [3.8, 4) is 0 Å². The van der Waals surface area contributed by atoms with Gasteiger partial charge in [0.05, 0.1) is 6.61 Å². The first-order chi connectivity index (χ1) is 8.78. The fourth-order valence-electron chi connectivity index (χ4n) is 1.58. The number of rotatable bonds is 5. The highest BCUT2D eigenvalue weighted by molar-refractivity contribution is 5.69. The molecule has 0 saturated heterocycles. The molecule has 0 unspecified atom stereocenters. The van der Waals surface area contributed by atoms with Crippen molar-refractivity contribution in [3.05, 3.63) is 0 Å². The summed E-state index contributed by atoms with van der Waals surface area (Å²) < 4.78 is 5.45. The molecule has 0 radical (unpaired) electrons. The minimum Gasteiger partial charge on any atom is -0.444 e. The molecule has 0 saturated carbocycles. The second-order valence-electron chi connectivity index (χ2n) is 7.77. The zero-order valence-corrected chi connectivity index (χ0v) is 14.3. The summed E-state index contributed by atoms with van der Waals surface area (Å²) in [5, 5.41) is 12.4. The van der Waals surface area contributed by atoms with Gasteiger partial charge in [-0.15, -0.1) is 0 Å². The van der Waals surface area contributed by atoms with Gasteiger partial charge in [-0.2, -0.15) is 0 Å². The van der Waals surface area contributed by atoms with Crippen LogP contribution in [-0.2, 0) is 4.74 Å². The average Bonchev–Trinajstić information content (AvgIpc) is 2.19. The lowest BCUT2D eigenvalue weighted by atomic mass is 10.1. The van der Waals surface area contributed by atoms with E-state index < -0.39 is 5.60 Å². The smallest absolute Gasteiger partial charge is 0.410 e. The van der Waals surface area contributed by atoms with Crippen LogP contribution in [0.1, 0.15) is 55.4 Å². The van der Waals surface area contributed by atoms with Crippen LogP contribution in [0, 0.1) is 0 Å². The Labute approximate surface area is 123 Å². The van der Waals surface area contributed by atoms with Gasteiger partial charge in [0.2, 0.25) is 0 Å². The largest absolute Gasteiger partial charge is 0.444 e. The maximum atomic E-state index is 12.3. The predicted molar refractivity (Wildman–Crippen MR) is 81.9 cm³/mol. The van der Waals surface area contributed by atoms with Crippen molar-refractivity contribution in [2.75, 3.05) is 19.7 Å². The summed E-state index contributed by atoms with van der Waals surface area (Å²) in [5.41, 5.74) is -1.16. The van der Waals surface area contributed by atoms with Gasteiger partial charge in [0.15, 0.2) is 0 Å². The van der Waals surface area contributed by atoms with E-state index in [1.807, 2.05) is 55.4 Å². The molecule has 1 amide bonds. The maximum absolute atomic E-state index is 12.3. The Kier molecular flexibility index (Phi) is 6.49. The van der Waals surface area contributed by atoms with E-state index in [-0.39, 0.29) is 23.8 Å². The van der Waals surface area contributed by atoms with Crippen molar-refractivity contribution in [3.63, 3.8) is 0 Å². The van der Waals surface area contributed by atoms with Crippen molar-refractivity contribution >= 4 is 6.09 Å². The van der Waals surface area contributed by atoms with E-state index in [1.165, 1.54) is 0 Å². The van der Waals surface area contributed by atoms with Crippen LogP contribution in [0.5, 0.6) is 0 Å². The lowest BCUT2D eigenvalue weighted by Crippen LogP contribution is -2.52. The van der Waals surface area contributed by atoms with Gasteiger partial charge in [-0.3, -0.25) is 0 Å². The lowest BCUT2D eigenvalue weighted by Gasteiger charge is -2.37. The highest BCUT2D eigenvalue weighted by atomic mass is 16.6. The van der Waals surface area contributed by atoms with Crippen LogP contribution in [-0.4, -0.2) is 52.5 Å². The summed E-state index contributed by atoms with van der Waals surface area (Å²) in [4.78, 5) is 14.0. The van der Waals surface area contributed by atoms with Crippen molar-refractivity contribution in [1.82, 2.24) is 10.2 Å². The fourth-order valence-corrected chi connectivity index (χ4v) is 1.58. The summed E-state index contributed by atoms with van der Waals surface area (Å²) >= 11 is 0. The van der Waals surface area contributed by atoms with Gasteiger partial charge < -0.3 is 20.1 Å². The topological polar surface area (TPSA) is 61.8 Å². The molecule has 0 spiro atoms. The number of aliphatic hydroxyl groups is 1. The van der Waals surface area contributed by atoms with E-state index in [2.05, 4.69) is 5.32 Å². The number of amides is 1. The summed E-state index contributed by atoms with van der Waals surface area (Å²) in [6.45, 7) is 16.5. The number of hydrogen-bond acceptors (Lipinski definition) is 4. The first kappa shape index (κ1) is 19.2. The Bertz CT molecular complexity index is 314. The normalized spacial score (nSPS) is 13.2. The Morgan fingerprint density at radius 3 is 1.95 bits per heavy atom. The zero-order chi connectivity index (χ0) is 16.2. The molecule has 5 heteroatoms. The van der Waals surface area contributed by atoms with Crippen LogP contribution in [0.15, 0.2) is 0 Å². The summed E-state index contributed by atoms with van der Waals surface area (Å²) in [5.74, 6) is 0. The highest BCUT2D eigenvalue weighted by Gasteiger charge is 2.30. The van der Waals surface area contributed by atoms with Crippen LogP contribution in [0.2, 0.25) is 0 Å². The van der Waals surface area contributed by atoms with Gasteiger partial charge in [-0.25, -0.2) is 4.79 Å². The molecule has 0 aliphatic rings. The highest BCUT2D eigenvalue weighted by Crippen LogP contribution is 2.18. The van der Waals surface area contributed by atoms with Crippen LogP contribution in [0.25, 0.3) is 0 Å². The van der Waals surface area contributed by atoms with Gasteiger partial charge in [-0.1, -0.05) is 0 Å². The van der Waals surface area contributed by atoms with Crippen molar-refractivity contribution in [1.29, 1.82) is 0 Å². The molecule has 0 fully saturated rings. The Hall–Kier alpha value is -0.810. The minimum atomic E-state index is -0.502. The van der Waals surface area contributed by atoms with E-state index >= 15 is 0 Å². The Balaban J connectivity index is 4.65. The van der Waals surface area contributed by atoms with E-state index in [4.69, 9.17) is 4.74 Å². The quantitative estimate of drug-likeness (QED) is 0.815. The first-order valence-corrected chi connectivity index (χ1v) is 7.15. The van der Waals surface area contributed by atoms with Gasteiger partial charge in [0.25, 0.3) is 0 Å². The number of ether oxygens (including phenoxy) is 1. The van der Waals surface area contributed by atoms with Gasteiger partial charge >= 0.3 is 6.09 Å². The number of hydrogen-bond donors (Lipinski definition) is 2. The second-order valence-corrected chi connectivity index (χ2v) is 7.77. The van der Waals surface area contributed by atoms with Gasteiger partial charge in [-0.05, 0) is 55.4 Å². The summed E-state index contributed by atoms with van der Waals surface area (Å²) in [6, 6.07) is 0. The number of carbonyl (C=O) groups is 1. The molecule has 0 bridgehead atoms. The monoisotopic (exact) mass is 288 g/mol. The number of nitrogens with one attached hydrogen (secondary N) is 1. The molecule has 20 heavy (non-hydrogen) atoms. The second kappa shape index (κ2) is 6.76. The molecule has 2 N–H and O–H groups in total. The molecule has 120 valence electrons. The SMILES string of the molecule is CC(C)(CO)NCCN(C(=O)OC(C)(C)C)C(C)(C)C. The maximum Gasteiger partial charge on any atom is 0.410 e. The van der Waals surface area contributed by atoms with E-state index in [0.29, 0.717) is 13.1 Å². The van der Waals surface area contributed by atoms with Gasteiger partial charge in [0.1, 0.15) is 5.60 Å². The Morgan fingerprint density at radius 1 is 1.10 bits per heavy atom. The van der Waals surface area contributed by atoms with Gasteiger partial charge in [0, 0.05) is 24.2 Å². The standard InChI is InChI=1S/C15H32N2O3/c1-13(2,3)17(12(19)20-14(4,5)6)10-9-16-15(7,8)11-18/h16,18H,9-11H2,1-8H3. The van der Waals surface area contributed by atoms with E-state index in [1.54, 1.807) is 4.90 Å². The van der Waals surface area contributed by atoms with Crippen LogP contribution in [0.4, 0.5) is 4.79 Å². The summed E-state index contributed by atoms with van der Waals surface area (Å²) in [7, 11) is 0.